The van der Waals surface area contributed by atoms with E-state index in [1.165, 1.54) is 11.1 Å². The summed E-state index contributed by atoms with van der Waals surface area (Å²) in [5, 5.41) is 3.43. The maximum atomic E-state index is 6.12. The Bertz CT molecular complexity index is 577. The lowest BCUT2D eigenvalue weighted by Gasteiger charge is -2.18. The summed E-state index contributed by atoms with van der Waals surface area (Å²) < 4.78 is 6.12. The normalized spacial score (nSPS) is 12.2. The Balaban J connectivity index is 2.29. The summed E-state index contributed by atoms with van der Waals surface area (Å²) in [6.45, 7) is 9.40. The molecule has 20 heavy (non-hydrogen) atoms. The van der Waals surface area contributed by atoms with Gasteiger partial charge >= 0.3 is 0 Å². The van der Waals surface area contributed by atoms with Gasteiger partial charge in [-0.15, -0.1) is 0 Å². The molecule has 0 radical (unpaired) electrons. The van der Waals surface area contributed by atoms with E-state index >= 15 is 0 Å². The zero-order chi connectivity index (χ0) is 14.5. The fraction of sp³-hybridized carbons (Fsp3) is 0.333. The first-order valence-electron chi connectivity index (χ1n) is 7.19. The van der Waals surface area contributed by atoms with Crippen molar-refractivity contribution in [3.8, 4) is 11.5 Å². The van der Waals surface area contributed by atoms with Crippen LogP contribution in [0.15, 0.2) is 42.5 Å². The van der Waals surface area contributed by atoms with Crippen LogP contribution in [0.4, 0.5) is 0 Å². The van der Waals surface area contributed by atoms with Gasteiger partial charge in [0.05, 0.1) is 0 Å². The molecule has 2 aromatic rings. The van der Waals surface area contributed by atoms with E-state index in [0.29, 0.717) is 0 Å². The summed E-state index contributed by atoms with van der Waals surface area (Å²) in [5.74, 6) is 1.85. The molecular formula is C18H23NO. The SMILES string of the molecule is CCNC(C)c1ccccc1Oc1ccc(C)cc1C. The smallest absolute Gasteiger partial charge is 0.132 e. The molecule has 1 atom stereocenters. The van der Waals surface area contributed by atoms with Gasteiger partial charge in [0.2, 0.25) is 0 Å². The molecule has 1 unspecified atom stereocenters. The van der Waals surface area contributed by atoms with Gasteiger partial charge in [-0.3, -0.25) is 0 Å². The molecular weight excluding hydrogens is 246 g/mol. The Morgan fingerprint density at radius 2 is 1.80 bits per heavy atom. The lowest BCUT2D eigenvalue weighted by molar-refractivity contribution is 0.460. The number of hydrogen-bond acceptors (Lipinski definition) is 2. The van der Waals surface area contributed by atoms with Crippen LogP contribution in [0.3, 0.4) is 0 Å². The first-order chi connectivity index (χ1) is 9.61. The van der Waals surface area contributed by atoms with E-state index < -0.39 is 0 Å². The molecule has 0 heterocycles. The molecule has 0 aliphatic carbocycles. The number of hydrogen-bond donors (Lipinski definition) is 1. The molecule has 2 nitrogen and oxygen atoms in total. The maximum Gasteiger partial charge on any atom is 0.132 e. The highest BCUT2D eigenvalue weighted by Crippen LogP contribution is 2.31. The molecule has 106 valence electrons. The minimum Gasteiger partial charge on any atom is -0.457 e. The van der Waals surface area contributed by atoms with E-state index in [1.807, 2.05) is 18.2 Å². The van der Waals surface area contributed by atoms with Gasteiger partial charge in [0.15, 0.2) is 0 Å². The van der Waals surface area contributed by atoms with Gasteiger partial charge in [-0.05, 0) is 45.0 Å². The Morgan fingerprint density at radius 1 is 1.05 bits per heavy atom. The third-order valence-corrected chi connectivity index (χ3v) is 3.45. The molecule has 0 amide bonds. The molecule has 0 aromatic heterocycles. The van der Waals surface area contributed by atoms with Gasteiger partial charge in [0.1, 0.15) is 11.5 Å². The number of aryl methyl sites for hydroxylation is 2. The van der Waals surface area contributed by atoms with Crippen molar-refractivity contribution >= 4 is 0 Å². The van der Waals surface area contributed by atoms with Crippen LogP contribution in [-0.2, 0) is 0 Å². The van der Waals surface area contributed by atoms with Crippen LogP contribution in [0.1, 0.15) is 36.6 Å². The average molecular weight is 269 g/mol. The fourth-order valence-electron chi connectivity index (χ4n) is 2.38. The predicted octanol–water partition coefficient (Wildman–Crippen LogP) is 4.77. The number of rotatable bonds is 5. The van der Waals surface area contributed by atoms with Gasteiger partial charge in [-0.25, -0.2) is 0 Å². The second kappa shape index (κ2) is 6.58. The van der Waals surface area contributed by atoms with E-state index in [9.17, 15) is 0 Å². The Hall–Kier alpha value is -1.80. The van der Waals surface area contributed by atoms with Crippen LogP contribution >= 0.6 is 0 Å². The van der Waals surface area contributed by atoms with E-state index in [2.05, 4.69) is 57.3 Å². The highest BCUT2D eigenvalue weighted by Gasteiger charge is 2.11. The zero-order valence-corrected chi connectivity index (χ0v) is 12.7. The fourth-order valence-corrected chi connectivity index (χ4v) is 2.38. The van der Waals surface area contributed by atoms with Crippen LogP contribution in [0.5, 0.6) is 11.5 Å². The Labute approximate surface area is 121 Å². The summed E-state index contributed by atoms with van der Waals surface area (Å²) in [5.41, 5.74) is 3.61. The third kappa shape index (κ3) is 3.40. The van der Waals surface area contributed by atoms with Crippen LogP contribution in [-0.4, -0.2) is 6.54 Å². The number of ether oxygens (including phenoxy) is 1. The summed E-state index contributed by atoms with van der Waals surface area (Å²) >= 11 is 0. The predicted molar refractivity (Wildman–Crippen MR) is 84.5 cm³/mol. The van der Waals surface area contributed by atoms with Crippen molar-refractivity contribution < 1.29 is 4.74 Å². The monoisotopic (exact) mass is 269 g/mol. The largest absolute Gasteiger partial charge is 0.457 e. The topological polar surface area (TPSA) is 21.3 Å². The van der Waals surface area contributed by atoms with Crippen molar-refractivity contribution in [2.75, 3.05) is 6.54 Å². The lowest BCUT2D eigenvalue weighted by Crippen LogP contribution is -2.18. The number of nitrogens with one attached hydrogen (secondary N) is 1. The standard InChI is InChI=1S/C18H23NO/c1-5-19-15(4)16-8-6-7-9-18(16)20-17-11-10-13(2)12-14(17)3/h6-12,15,19H,5H2,1-4H3. The van der Waals surface area contributed by atoms with Crippen molar-refractivity contribution in [1.29, 1.82) is 0 Å². The second-order valence-corrected chi connectivity index (χ2v) is 5.19. The van der Waals surface area contributed by atoms with Crippen LogP contribution in [0.2, 0.25) is 0 Å². The summed E-state index contributed by atoms with van der Waals surface area (Å²) in [6, 6.07) is 14.8. The average Bonchev–Trinajstić information content (AvgIpc) is 2.43. The van der Waals surface area contributed by atoms with Crippen LogP contribution in [0.25, 0.3) is 0 Å². The van der Waals surface area contributed by atoms with Gasteiger partial charge in [-0.2, -0.15) is 0 Å². The van der Waals surface area contributed by atoms with Crippen LogP contribution in [0, 0.1) is 13.8 Å². The molecule has 0 aliphatic heterocycles. The van der Waals surface area contributed by atoms with Gasteiger partial charge in [-0.1, -0.05) is 42.8 Å². The Morgan fingerprint density at radius 3 is 2.50 bits per heavy atom. The van der Waals surface area contributed by atoms with E-state index in [-0.39, 0.29) is 6.04 Å². The minimum absolute atomic E-state index is 0.280. The summed E-state index contributed by atoms with van der Waals surface area (Å²) in [6.07, 6.45) is 0. The zero-order valence-electron chi connectivity index (χ0n) is 12.7. The lowest BCUT2D eigenvalue weighted by atomic mass is 10.1. The van der Waals surface area contributed by atoms with Crippen molar-refractivity contribution in [2.45, 2.75) is 33.7 Å². The molecule has 0 fully saturated rings. The first-order valence-corrected chi connectivity index (χ1v) is 7.19. The first kappa shape index (κ1) is 14.6. The van der Waals surface area contributed by atoms with Crippen molar-refractivity contribution in [3.05, 3.63) is 59.2 Å². The molecule has 0 spiro atoms. The van der Waals surface area contributed by atoms with Crippen molar-refractivity contribution in [3.63, 3.8) is 0 Å². The molecule has 1 N–H and O–H groups in total. The molecule has 2 rings (SSSR count). The number of para-hydroxylation sites is 1. The van der Waals surface area contributed by atoms with Gasteiger partial charge < -0.3 is 10.1 Å². The minimum atomic E-state index is 0.280. The Kier molecular flexibility index (Phi) is 4.80. The van der Waals surface area contributed by atoms with Crippen molar-refractivity contribution in [1.82, 2.24) is 5.32 Å². The second-order valence-electron chi connectivity index (χ2n) is 5.19. The van der Waals surface area contributed by atoms with Crippen molar-refractivity contribution in [2.24, 2.45) is 0 Å². The summed E-state index contributed by atoms with van der Waals surface area (Å²) in [7, 11) is 0. The molecule has 2 heteroatoms. The highest BCUT2D eigenvalue weighted by atomic mass is 16.5. The molecule has 0 saturated carbocycles. The van der Waals surface area contributed by atoms with Crippen LogP contribution < -0.4 is 10.1 Å². The number of benzene rings is 2. The quantitative estimate of drug-likeness (QED) is 0.844. The van der Waals surface area contributed by atoms with E-state index in [0.717, 1.165) is 23.6 Å². The molecule has 2 aromatic carbocycles. The molecule has 0 saturated heterocycles. The maximum absolute atomic E-state index is 6.12. The van der Waals surface area contributed by atoms with Gasteiger partial charge in [0.25, 0.3) is 0 Å². The molecule has 0 bridgehead atoms. The molecule has 0 aliphatic rings. The summed E-state index contributed by atoms with van der Waals surface area (Å²) in [4.78, 5) is 0. The third-order valence-electron chi connectivity index (χ3n) is 3.45. The highest BCUT2D eigenvalue weighted by molar-refractivity contribution is 5.43. The van der Waals surface area contributed by atoms with E-state index in [1.54, 1.807) is 0 Å². The van der Waals surface area contributed by atoms with E-state index in [4.69, 9.17) is 4.74 Å². The van der Waals surface area contributed by atoms with Gasteiger partial charge in [0, 0.05) is 11.6 Å².